The number of nitrogens with zero attached hydrogens (tertiary/aromatic N) is 1. The first-order valence-electron chi connectivity index (χ1n) is 3.58. The van der Waals surface area contributed by atoms with E-state index in [0.29, 0.717) is 17.1 Å². The molecule has 0 bridgehead atoms. The zero-order valence-corrected chi connectivity index (χ0v) is 7.52. The van der Waals surface area contributed by atoms with E-state index in [1.807, 2.05) is 13.0 Å². The fourth-order valence-corrected chi connectivity index (χ4v) is 1.25. The van der Waals surface area contributed by atoms with Crippen molar-refractivity contribution < 1.29 is 0 Å². The van der Waals surface area contributed by atoms with Gasteiger partial charge in [-0.05, 0) is 30.2 Å². The molecule has 0 saturated carbocycles. The Morgan fingerprint density at radius 1 is 1.58 bits per heavy atom. The fourth-order valence-electron chi connectivity index (χ4n) is 1.01. The smallest absolute Gasteiger partial charge is 0.0992 e. The number of rotatable bonds is 1. The van der Waals surface area contributed by atoms with E-state index in [1.165, 1.54) is 0 Å². The third-order valence-electron chi connectivity index (χ3n) is 1.80. The van der Waals surface area contributed by atoms with E-state index < -0.39 is 0 Å². The van der Waals surface area contributed by atoms with Crippen LogP contribution in [0.4, 0.5) is 0 Å². The van der Waals surface area contributed by atoms with Crippen LogP contribution in [0.2, 0.25) is 5.02 Å². The quantitative estimate of drug-likeness (QED) is 0.719. The SMILES string of the molecule is Cc1c(Cl)cc(C#N)cc1CN. The van der Waals surface area contributed by atoms with Crippen LogP contribution in [0.3, 0.4) is 0 Å². The second-order valence-electron chi connectivity index (χ2n) is 2.56. The van der Waals surface area contributed by atoms with Gasteiger partial charge in [0.2, 0.25) is 0 Å². The topological polar surface area (TPSA) is 49.8 Å². The minimum absolute atomic E-state index is 0.418. The average Bonchev–Trinajstić information content (AvgIpc) is 2.09. The first-order chi connectivity index (χ1) is 5.69. The molecule has 0 fully saturated rings. The van der Waals surface area contributed by atoms with Crippen LogP contribution in [-0.4, -0.2) is 0 Å². The summed E-state index contributed by atoms with van der Waals surface area (Å²) in [6, 6.07) is 5.44. The molecule has 0 heterocycles. The van der Waals surface area contributed by atoms with Gasteiger partial charge < -0.3 is 5.73 Å². The number of nitriles is 1. The molecule has 0 spiro atoms. The highest BCUT2D eigenvalue weighted by Gasteiger charge is 2.03. The van der Waals surface area contributed by atoms with E-state index in [-0.39, 0.29) is 0 Å². The molecule has 0 aromatic heterocycles. The van der Waals surface area contributed by atoms with Crippen molar-refractivity contribution in [2.24, 2.45) is 5.73 Å². The Bertz CT molecular complexity index is 339. The molecule has 0 amide bonds. The van der Waals surface area contributed by atoms with Gasteiger partial charge in [0, 0.05) is 11.6 Å². The maximum Gasteiger partial charge on any atom is 0.0992 e. The number of nitrogens with two attached hydrogens (primary N) is 1. The predicted octanol–water partition coefficient (Wildman–Crippen LogP) is 1.98. The first-order valence-corrected chi connectivity index (χ1v) is 3.96. The van der Waals surface area contributed by atoms with Gasteiger partial charge >= 0.3 is 0 Å². The van der Waals surface area contributed by atoms with Gasteiger partial charge in [0.1, 0.15) is 0 Å². The van der Waals surface area contributed by atoms with Gasteiger partial charge in [-0.15, -0.1) is 0 Å². The molecule has 1 aromatic carbocycles. The molecule has 3 heteroatoms. The summed E-state index contributed by atoms with van der Waals surface area (Å²) in [5.74, 6) is 0. The summed E-state index contributed by atoms with van der Waals surface area (Å²) in [5.41, 5.74) is 7.92. The van der Waals surface area contributed by atoms with Gasteiger partial charge in [-0.25, -0.2) is 0 Å². The van der Waals surface area contributed by atoms with Crippen LogP contribution < -0.4 is 5.73 Å². The molecule has 0 saturated heterocycles. The number of hydrogen-bond donors (Lipinski definition) is 1. The molecule has 2 N–H and O–H groups in total. The summed E-state index contributed by atoms with van der Waals surface area (Å²) < 4.78 is 0. The molecular formula is C9H9ClN2. The Hall–Kier alpha value is -1.04. The van der Waals surface area contributed by atoms with Gasteiger partial charge in [0.25, 0.3) is 0 Å². The first kappa shape index (κ1) is 9.05. The highest BCUT2D eigenvalue weighted by atomic mass is 35.5. The van der Waals surface area contributed by atoms with Crippen molar-refractivity contribution in [3.8, 4) is 6.07 Å². The van der Waals surface area contributed by atoms with Crippen LogP contribution in [0.5, 0.6) is 0 Å². The molecule has 0 aliphatic rings. The number of benzene rings is 1. The van der Waals surface area contributed by atoms with Crippen LogP contribution in [0, 0.1) is 18.3 Å². The lowest BCUT2D eigenvalue weighted by atomic mass is 10.1. The third-order valence-corrected chi connectivity index (χ3v) is 2.19. The standard InChI is InChI=1S/C9H9ClN2/c1-6-8(5-12)2-7(4-11)3-9(6)10/h2-3H,5,12H2,1H3. The van der Waals surface area contributed by atoms with E-state index in [1.54, 1.807) is 12.1 Å². The molecule has 1 aromatic rings. The third kappa shape index (κ3) is 1.58. The van der Waals surface area contributed by atoms with Crippen molar-refractivity contribution in [3.05, 3.63) is 33.8 Å². The molecule has 0 aliphatic heterocycles. The zero-order chi connectivity index (χ0) is 9.14. The maximum absolute atomic E-state index is 8.62. The summed E-state index contributed by atoms with van der Waals surface area (Å²) in [5, 5.41) is 9.23. The second-order valence-corrected chi connectivity index (χ2v) is 2.97. The zero-order valence-electron chi connectivity index (χ0n) is 6.76. The van der Waals surface area contributed by atoms with Crippen molar-refractivity contribution in [2.75, 3.05) is 0 Å². The monoisotopic (exact) mass is 180 g/mol. The normalized spacial score (nSPS) is 9.50. The van der Waals surface area contributed by atoms with E-state index >= 15 is 0 Å². The van der Waals surface area contributed by atoms with Gasteiger partial charge in [0.15, 0.2) is 0 Å². The van der Waals surface area contributed by atoms with Crippen molar-refractivity contribution in [1.29, 1.82) is 5.26 Å². The van der Waals surface area contributed by atoms with Crippen molar-refractivity contribution >= 4 is 11.6 Å². The number of halogens is 1. The molecule has 1 rings (SSSR count). The second kappa shape index (κ2) is 3.57. The largest absolute Gasteiger partial charge is 0.326 e. The highest BCUT2D eigenvalue weighted by Crippen LogP contribution is 2.20. The fraction of sp³-hybridized carbons (Fsp3) is 0.222. The molecule has 2 nitrogen and oxygen atoms in total. The lowest BCUT2D eigenvalue weighted by Crippen LogP contribution is -2.00. The van der Waals surface area contributed by atoms with Crippen molar-refractivity contribution in [3.63, 3.8) is 0 Å². The average molecular weight is 181 g/mol. The molecule has 0 aliphatic carbocycles. The predicted molar refractivity (Wildman–Crippen MR) is 48.8 cm³/mol. The van der Waals surface area contributed by atoms with Crippen LogP contribution in [0.1, 0.15) is 16.7 Å². The summed E-state index contributed by atoms with van der Waals surface area (Å²) in [6.07, 6.45) is 0. The Morgan fingerprint density at radius 3 is 2.75 bits per heavy atom. The van der Waals surface area contributed by atoms with Crippen molar-refractivity contribution in [2.45, 2.75) is 13.5 Å². The molecule has 62 valence electrons. The molecule has 0 atom stereocenters. The van der Waals surface area contributed by atoms with E-state index in [4.69, 9.17) is 22.6 Å². The van der Waals surface area contributed by atoms with E-state index in [2.05, 4.69) is 0 Å². The van der Waals surface area contributed by atoms with E-state index in [0.717, 1.165) is 11.1 Å². The summed E-state index contributed by atoms with van der Waals surface area (Å²) >= 11 is 5.87. The summed E-state index contributed by atoms with van der Waals surface area (Å²) in [7, 11) is 0. The van der Waals surface area contributed by atoms with E-state index in [9.17, 15) is 0 Å². The molecule has 12 heavy (non-hydrogen) atoms. The minimum atomic E-state index is 0.418. The van der Waals surface area contributed by atoms with Crippen LogP contribution >= 0.6 is 11.6 Å². The molecular weight excluding hydrogens is 172 g/mol. The summed E-state index contributed by atoms with van der Waals surface area (Å²) in [6.45, 7) is 2.31. The Labute approximate surface area is 76.6 Å². The van der Waals surface area contributed by atoms with Gasteiger partial charge in [-0.3, -0.25) is 0 Å². The Balaban J connectivity index is 3.31. The molecule has 0 radical (unpaired) electrons. The lowest BCUT2D eigenvalue weighted by molar-refractivity contribution is 1.05. The number of hydrogen-bond acceptors (Lipinski definition) is 2. The lowest BCUT2D eigenvalue weighted by Gasteiger charge is -2.04. The minimum Gasteiger partial charge on any atom is -0.326 e. The van der Waals surface area contributed by atoms with Crippen molar-refractivity contribution in [1.82, 2.24) is 0 Å². The van der Waals surface area contributed by atoms with Crippen LogP contribution in [-0.2, 0) is 6.54 Å². The van der Waals surface area contributed by atoms with Crippen LogP contribution in [0.25, 0.3) is 0 Å². The molecule has 0 unspecified atom stereocenters. The maximum atomic E-state index is 8.62. The Kier molecular flexibility index (Phi) is 2.69. The Morgan fingerprint density at radius 2 is 2.25 bits per heavy atom. The highest BCUT2D eigenvalue weighted by molar-refractivity contribution is 6.31. The van der Waals surface area contributed by atoms with Crippen LogP contribution in [0.15, 0.2) is 12.1 Å². The van der Waals surface area contributed by atoms with Gasteiger partial charge in [-0.1, -0.05) is 11.6 Å². The van der Waals surface area contributed by atoms with Gasteiger partial charge in [0.05, 0.1) is 11.6 Å². The summed E-state index contributed by atoms with van der Waals surface area (Å²) in [4.78, 5) is 0. The van der Waals surface area contributed by atoms with Gasteiger partial charge in [-0.2, -0.15) is 5.26 Å².